The summed E-state index contributed by atoms with van der Waals surface area (Å²) < 4.78 is 5.85. The van der Waals surface area contributed by atoms with E-state index in [0.29, 0.717) is 11.5 Å². The molecule has 1 saturated carbocycles. The van der Waals surface area contributed by atoms with Crippen LogP contribution in [-0.2, 0) is 14.3 Å². The van der Waals surface area contributed by atoms with Crippen LogP contribution in [0, 0.1) is 31.1 Å². The normalized spacial score (nSPS) is 20.0. The van der Waals surface area contributed by atoms with Crippen LogP contribution in [0.25, 0.3) is 0 Å². The predicted molar refractivity (Wildman–Crippen MR) is 125 cm³/mol. The summed E-state index contributed by atoms with van der Waals surface area (Å²) in [6, 6.07) is 15.2. The zero-order valence-electron chi connectivity index (χ0n) is 19.4. The van der Waals surface area contributed by atoms with Crippen molar-refractivity contribution in [3.8, 4) is 0 Å². The molecule has 0 radical (unpaired) electrons. The predicted octanol–water partition coefficient (Wildman–Crippen LogP) is 6.38. The van der Waals surface area contributed by atoms with E-state index in [1.54, 1.807) is 0 Å². The highest BCUT2D eigenvalue weighted by atomic mass is 16.5. The second-order valence-corrected chi connectivity index (χ2v) is 9.95. The van der Waals surface area contributed by atoms with E-state index in [-0.39, 0.29) is 23.2 Å². The molecule has 1 aliphatic rings. The Morgan fingerprint density at radius 3 is 2.23 bits per heavy atom. The Morgan fingerprint density at radius 2 is 1.61 bits per heavy atom. The maximum Gasteiger partial charge on any atom is 0.310 e. The Bertz CT molecular complexity index is 906. The number of benzene rings is 2. The molecule has 1 aliphatic carbocycles. The molecule has 0 spiro atoms. The van der Waals surface area contributed by atoms with Gasteiger partial charge in [0.1, 0.15) is 0 Å². The molecule has 0 aliphatic heterocycles. The van der Waals surface area contributed by atoms with Crippen LogP contribution in [-0.4, -0.2) is 11.9 Å². The van der Waals surface area contributed by atoms with Gasteiger partial charge in [-0.1, -0.05) is 63.2 Å². The van der Waals surface area contributed by atoms with Gasteiger partial charge in [0.25, 0.3) is 5.91 Å². The summed E-state index contributed by atoms with van der Waals surface area (Å²) in [4.78, 5) is 26.2. The molecule has 1 fully saturated rings. The summed E-state index contributed by atoms with van der Waals surface area (Å²) in [6.45, 7) is 10.7. The Hall–Kier alpha value is -2.62. The zero-order chi connectivity index (χ0) is 22.6. The van der Waals surface area contributed by atoms with Crippen LogP contribution in [0.2, 0.25) is 0 Å². The van der Waals surface area contributed by atoms with Gasteiger partial charge in [0.15, 0.2) is 0 Å². The van der Waals surface area contributed by atoms with Crippen molar-refractivity contribution >= 4 is 17.6 Å². The molecule has 1 atom stereocenters. The van der Waals surface area contributed by atoms with E-state index in [1.807, 2.05) is 62.4 Å². The highest BCUT2D eigenvalue weighted by Gasteiger charge is 2.35. The van der Waals surface area contributed by atoms with E-state index in [4.69, 9.17) is 4.74 Å². The Labute approximate surface area is 186 Å². The molecule has 1 amide bonds. The number of carbonyl (C=O) groups is 2. The van der Waals surface area contributed by atoms with Crippen LogP contribution in [0.3, 0.4) is 0 Å². The highest BCUT2D eigenvalue weighted by Crippen LogP contribution is 2.40. The molecule has 4 nitrogen and oxygen atoms in total. The summed E-state index contributed by atoms with van der Waals surface area (Å²) in [5.74, 6) is -0.110. The first-order valence-corrected chi connectivity index (χ1v) is 11.3. The Kier molecular flexibility index (Phi) is 7.19. The van der Waals surface area contributed by atoms with Gasteiger partial charge < -0.3 is 10.1 Å². The van der Waals surface area contributed by atoms with Crippen LogP contribution in [0.1, 0.15) is 69.2 Å². The van der Waals surface area contributed by atoms with Gasteiger partial charge in [-0.15, -0.1) is 0 Å². The van der Waals surface area contributed by atoms with E-state index in [0.717, 1.165) is 42.5 Å². The standard InChI is InChI=1S/C27H35NO3/c1-18-11-12-19(2)23(17-18)28-25(29)24(20-9-7-6-8-10-20)31-26(30)21-13-15-22(16-14-21)27(3,4)5/h6-12,17,21-22,24H,13-16H2,1-5H3,(H,28,29)/t21?,22?,24-/m0/s1. The second kappa shape index (κ2) is 9.67. The van der Waals surface area contributed by atoms with Crippen molar-refractivity contribution in [2.24, 2.45) is 17.3 Å². The number of carbonyl (C=O) groups excluding carboxylic acids is 2. The monoisotopic (exact) mass is 421 g/mol. The van der Waals surface area contributed by atoms with Crippen molar-refractivity contribution in [2.75, 3.05) is 5.32 Å². The second-order valence-electron chi connectivity index (χ2n) is 9.95. The summed E-state index contributed by atoms with van der Waals surface area (Å²) in [5.41, 5.74) is 3.71. The van der Waals surface area contributed by atoms with Gasteiger partial charge in [-0.3, -0.25) is 9.59 Å². The maximum atomic E-state index is 13.2. The molecular formula is C27H35NO3. The van der Waals surface area contributed by atoms with Crippen LogP contribution < -0.4 is 5.32 Å². The number of hydrogen-bond donors (Lipinski definition) is 1. The topological polar surface area (TPSA) is 55.4 Å². The van der Waals surface area contributed by atoms with Crippen molar-refractivity contribution in [1.29, 1.82) is 0 Å². The van der Waals surface area contributed by atoms with Crippen molar-refractivity contribution in [3.63, 3.8) is 0 Å². The van der Waals surface area contributed by atoms with E-state index in [9.17, 15) is 9.59 Å². The molecule has 4 heteroatoms. The molecule has 0 unspecified atom stereocenters. The molecule has 2 aromatic rings. The van der Waals surface area contributed by atoms with Gasteiger partial charge in [0.05, 0.1) is 5.92 Å². The lowest BCUT2D eigenvalue weighted by atomic mass is 9.70. The van der Waals surface area contributed by atoms with E-state index in [2.05, 4.69) is 26.1 Å². The number of nitrogens with one attached hydrogen (secondary N) is 1. The first-order chi connectivity index (χ1) is 14.6. The smallest absolute Gasteiger partial charge is 0.310 e. The molecule has 2 aromatic carbocycles. The highest BCUT2D eigenvalue weighted by molar-refractivity contribution is 5.96. The molecule has 1 N–H and O–H groups in total. The quantitative estimate of drug-likeness (QED) is 0.570. The minimum Gasteiger partial charge on any atom is -0.447 e. The maximum absolute atomic E-state index is 13.2. The number of esters is 1. The lowest BCUT2D eigenvalue weighted by Crippen LogP contribution is -2.32. The minimum absolute atomic E-state index is 0.140. The van der Waals surface area contributed by atoms with Crippen molar-refractivity contribution in [1.82, 2.24) is 0 Å². The number of anilines is 1. The fourth-order valence-corrected chi connectivity index (χ4v) is 4.38. The average molecular weight is 422 g/mol. The Morgan fingerprint density at radius 1 is 0.968 bits per heavy atom. The third kappa shape index (κ3) is 5.96. The summed E-state index contributed by atoms with van der Waals surface area (Å²) in [6.07, 6.45) is 2.72. The van der Waals surface area contributed by atoms with Crippen LogP contribution >= 0.6 is 0 Å². The van der Waals surface area contributed by atoms with Gasteiger partial charge in [0, 0.05) is 11.3 Å². The first-order valence-electron chi connectivity index (χ1n) is 11.3. The summed E-state index contributed by atoms with van der Waals surface area (Å²) in [5, 5.41) is 2.97. The molecule has 166 valence electrons. The summed E-state index contributed by atoms with van der Waals surface area (Å²) >= 11 is 0. The molecule has 31 heavy (non-hydrogen) atoms. The van der Waals surface area contributed by atoms with Crippen molar-refractivity contribution in [2.45, 2.75) is 66.4 Å². The number of amides is 1. The number of rotatable bonds is 5. The van der Waals surface area contributed by atoms with Crippen LogP contribution in [0.15, 0.2) is 48.5 Å². The van der Waals surface area contributed by atoms with Gasteiger partial charge in [-0.2, -0.15) is 0 Å². The molecule has 0 heterocycles. The summed E-state index contributed by atoms with van der Waals surface area (Å²) in [7, 11) is 0. The molecular weight excluding hydrogens is 386 g/mol. The molecule has 0 saturated heterocycles. The molecule has 0 bridgehead atoms. The van der Waals surface area contributed by atoms with Gasteiger partial charge in [-0.25, -0.2) is 0 Å². The van der Waals surface area contributed by atoms with E-state index >= 15 is 0 Å². The average Bonchev–Trinajstić information content (AvgIpc) is 2.74. The Balaban J connectivity index is 1.73. The van der Waals surface area contributed by atoms with Gasteiger partial charge >= 0.3 is 5.97 Å². The van der Waals surface area contributed by atoms with Crippen LogP contribution in [0.5, 0.6) is 0 Å². The number of ether oxygens (including phenoxy) is 1. The molecule has 0 aromatic heterocycles. The van der Waals surface area contributed by atoms with Crippen molar-refractivity contribution < 1.29 is 14.3 Å². The lowest BCUT2D eigenvalue weighted by Gasteiger charge is -2.36. The van der Waals surface area contributed by atoms with Gasteiger partial charge in [-0.05, 0) is 68.1 Å². The largest absolute Gasteiger partial charge is 0.447 e. The first kappa shape index (κ1) is 23.1. The minimum atomic E-state index is -0.964. The third-order valence-electron chi connectivity index (χ3n) is 6.51. The fraction of sp³-hybridized carbons (Fsp3) is 0.481. The zero-order valence-corrected chi connectivity index (χ0v) is 19.4. The van der Waals surface area contributed by atoms with Gasteiger partial charge in [0.2, 0.25) is 6.10 Å². The SMILES string of the molecule is Cc1ccc(C)c(NC(=O)[C@@H](OC(=O)C2CCC(C(C)(C)C)CC2)c2ccccc2)c1. The van der Waals surface area contributed by atoms with E-state index in [1.165, 1.54) is 0 Å². The lowest BCUT2D eigenvalue weighted by molar-refractivity contribution is -0.160. The van der Waals surface area contributed by atoms with Crippen molar-refractivity contribution in [3.05, 3.63) is 65.2 Å². The fourth-order valence-electron chi connectivity index (χ4n) is 4.38. The van der Waals surface area contributed by atoms with Crippen LogP contribution in [0.4, 0.5) is 5.69 Å². The third-order valence-corrected chi connectivity index (χ3v) is 6.51. The molecule has 3 rings (SSSR count). The number of aryl methyl sites for hydroxylation is 2. The number of hydrogen-bond acceptors (Lipinski definition) is 3. The van der Waals surface area contributed by atoms with E-state index < -0.39 is 6.10 Å².